The molecule has 0 radical (unpaired) electrons. The average Bonchev–Trinajstić information content (AvgIpc) is 3.46. The van der Waals surface area contributed by atoms with E-state index in [4.69, 9.17) is 4.52 Å². The summed E-state index contributed by atoms with van der Waals surface area (Å²) in [5.74, 6) is 1.40. The highest BCUT2D eigenvalue weighted by atomic mass is 35.5. The van der Waals surface area contributed by atoms with Crippen LogP contribution in [0.25, 0.3) is 22.3 Å². The van der Waals surface area contributed by atoms with E-state index in [0.29, 0.717) is 11.7 Å². The monoisotopic (exact) mass is 416 g/mol. The third-order valence-electron chi connectivity index (χ3n) is 5.83. The number of aromatic nitrogens is 3. The van der Waals surface area contributed by atoms with Crippen molar-refractivity contribution in [2.24, 2.45) is 0 Å². The summed E-state index contributed by atoms with van der Waals surface area (Å²) in [7, 11) is 0. The van der Waals surface area contributed by atoms with E-state index in [1.807, 2.05) is 0 Å². The minimum absolute atomic E-state index is 0. The number of halogens is 1. The van der Waals surface area contributed by atoms with Gasteiger partial charge in [-0.3, -0.25) is 0 Å². The summed E-state index contributed by atoms with van der Waals surface area (Å²) in [6.45, 7) is 4.39. The molecular formula is C23H33ClN4O. The van der Waals surface area contributed by atoms with E-state index in [0.717, 1.165) is 25.1 Å². The predicted octanol–water partition coefficient (Wildman–Crippen LogP) is 6.29. The molecule has 2 aromatic heterocycles. The lowest BCUT2D eigenvalue weighted by Gasteiger charge is -2.06. The van der Waals surface area contributed by atoms with Gasteiger partial charge in [0.15, 0.2) is 0 Å². The van der Waals surface area contributed by atoms with Gasteiger partial charge in [0.2, 0.25) is 11.7 Å². The minimum Gasteiger partial charge on any atom is -0.347 e. The van der Waals surface area contributed by atoms with Crippen LogP contribution in [0.15, 0.2) is 35.0 Å². The van der Waals surface area contributed by atoms with Crippen LogP contribution in [0.5, 0.6) is 0 Å². The van der Waals surface area contributed by atoms with Gasteiger partial charge in [0, 0.05) is 29.2 Å². The summed E-state index contributed by atoms with van der Waals surface area (Å²) >= 11 is 0. The average molecular weight is 417 g/mol. The number of fused-ring (bicyclic) bond motifs is 1. The van der Waals surface area contributed by atoms with Gasteiger partial charge in [0.1, 0.15) is 0 Å². The highest BCUT2D eigenvalue weighted by Crippen LogP contribution is 2.27. The van der Waals surface area contributed by atoms with Crippen molar-refractivity contribution in [2.75, 3.05) is 6.54 Å². The van der Waals surface area contributed by atoms with Crippen LogP contribution in [0, 0.1) is 0 Å². The van der Waals surface area contributed by atoms with Gasteiger partial charge in [0.05, 0.1) is 6.04 Å². The van der Waals surface area contributed by atoms with Gasteiger partial charge >= 0.3 is 0 Å². The van der Waals surface area contributed by atoms with E-state index in [1.54, 1.807) is 0 Å². The zero-order chi connectivity index (χ0) is 19.2. The number of aryl methyl sites for hydroxylation is 1. The molecule has 1 fully saturated rings. The standard InChI is InChI=1S/C23H32N4O.ClH/c1-2-3-4-5-6-7-8-15-27-16-13-18-17-19(11-12-21(18)27)22-25-23(28-26-22)20-10-9-14-24-20;/h11-13,16-17,20,24H,2-10,14-15H2,1H3;1H. The second-order valence-corrected chi connectivity index (χ2v) is 8.01. The van der Waals surface area contributed by atoms with Crippen molar-refractivity contribution in [2.45, 2.75) is 77.3 Å². The SMILES string of the molecule is CCCCCCCCCn1ccc2cc(-c3noc(C4CCCN4)n3)ccc21.Cl. The molecule has 6 heteroatoms. The largest absolute Gasteiger partial charge is 0.347 e. The van der Waals surface area contributed by atoms with E-state index in [9.17, 15) is 0 Å². The molecule has 1 N–H and O–H groups in total. The van der Waals surface area contributed by atoms with Gasteiger partial charge in [-0.15, -0.1) is 12.4 Å². The maximum atomic E-state index is 5.49. The third-order valence-corrected chi connectivity index (χ3v) is 5.83. The van der Waals surface area contributed by atoms with Gasteiger partial charge in [-0.1, -0.05) is 50.6 Å². The van der Waals surface area contributed by atoms with Crippen LogP contribution < -0.4 is 5.32 Å². The van der Waals surface area contributed by atoms with Crippen LogP contribution in [0.3, 0.4) is 0 Å². The Bertz CT molecular complexity index is 882. The summed E-state index contributed by atoms with van der Waals surface area (Å²) in [5, 5.41) is 8.85. The molecule has 3 aromatic rings. The molecule has 3 heterocycles. The van der Waals surface area contributed by atoms with Crippen LogP contribution >= 0.6 is 12.4 Å². The van der Waals surface area contributed by atoms with E-state index in [1.165, 1.54) is 62.3 Å². The molecule has 1 aromatic carbocycles. The van der Waals surface area contributed by atoms with Crippen molar-refractivity contribution in [3.05, 3.63) is 36.4 Å². The topological polar surface area (TPSA) is 55.9 Å². The Kier molecular flexibility index (Phi) is 8.13. The van der Waals surface area contributed by atoms with E-state index in [-0.39, 0.29) is 18.4 Å². The Labute approximate surface area is 179 Å². The predicted molar refractivity (Wildman–Crippen MR) is 120 cm³/mol. The third kappa shape index (κ3) is 5.40. The Balaban J connectivity index is 0.00000240. The lowest BCUT2D eigenvalue weighted by molar-refractivity contribution is 0.345. The number of nitrogens with zero attached hydrogens (tertiary/aromatic N) is 3. The normalized spacial score (nSPS) is 16.4. The molecular weight excluding hydrogens is 384 g/mol. The van der Waals surface area contributed by atoms with Gasteiger partial charge in [0.25, 0.3) is 0 Å². The number of benzene rings is 1. The zero-order valence-electron chi connectivity index (χ0n) is 17.4. The summed E-state index contributed by atoms with van der Waals surface area (Å²) < 4.78 is 7.86. The van der Waals surface area contributed by atoms with Crippen molar-refractivity contribution < 1.29 is 4.52 Å². The lowest BCUT2D eigenvalue weighted by atomic mass is 10.1. The lowest BCUT2D eigenvalue weighted by Crippen LogP contribution is -2.12. The number of rotatable bonds is 10. The molecule has 0 spiro atoms. The van der Waals surface area contributed by atoms with Crippen molar-refractivity contribution in [3.63, 3.8) is 0 Å². The summed E-state index contributed by atoms with van der Waals surface area (Å²) in [4.78, 5) is 4.62. The molecule has 0 amide bonds. The molecule has 5 nitrogen and oxygen atoms in total. The molecule has 1 unspecified atom stereocenters. The Morgan fingerprint density at radius 2 is 1.93 bits per heavy atom. The zero-order valence-corrected chi connectivity index (χ0v) is 18.2. The Morgan fingerprint density at radius 3 is 2.72 bits per heavy atom. The van der Waals surface area contributed by atoms with Crippen LogP contribution in [0.4, 0.5) is 0 Å². The van der Waals surface area contributed by atoms with E-state index >= 15 is 0 Å². The molecule has 4 rings (SSSR count). The molecule has 158 valence electrons. The van der Waals surface area contributed by atoms with Crippen LogP contribution in [-0.2, 0) is 6.54 Å². The van der Waals surface area contributed by atoms with Crippen LogP contribution in [0.1, 0.15) is 76.6 Å². The van der Waals surface area contributed by atoms with Crippen LogP contribution in [0.2, 0.25) is 0 Å². The van der Waals surface area contributed by atoms with Gasteiger partial charge in [-0.25, -0.2) is 0 Å². The van der Waals surface area contributed by atoms with Gasteiger partial charge in [-0.2, -0.15) is 4.98 Å². The first-order valence-electron chi connectivity index (χ1n) is 11.0. The number of hydrogen-bond acceptors (Lipinski definition) is 4. The first-order chi connectivity index (χ1) is 13.8. The van der Waals surface area contributed by atoms with Crippen molar-refractivity contribution in [1.82, 2.24) is 20.0 Å². The van der Waals surface area contributed by atoms with E-state index < -0.39 is 0 Å². The van der Waals surface area contributed by atoms with Crippen molar-refractivity contribution in [1.29, 1.82) is 0 Å². The second-order valence-electron chi connectivity index (χ2n) is 8.01. The van der Waals surface area contributed by atoms with Crippen molar-refractivity contribution in [3.8, 4) is 11.4 Å². The fourth-order valence-corrected chi connectivity index (χ4v) is 4.16. The summed E-state index contributed by atoms with van der Waals surface area (Å²) in [5.41, 5.74) is 2.31. The number of hydrogen-bond donors (Lipinski definition) is 1. The molecule has 1 atom stereocenters. The maximum Gasteiger partial charge on any atom is 0.244 e. The molecule has 1 aliphatic heterocycles. The molecule has 1 saturated heterocycles. The molecule has 0 aliphatic carbocycles. The first-order valence-corrected chi connectivity index (χ1v) is 11.0. The van der Waals surface area contributed by atoms with Gasteiger partial charge < -0.3 is 14.4 Å². The summed E-state index contributed by atoms with van der Waals surface area (Å²) in [6, 6.07) is 8.89. The molecule has 1 aliphatic rings. The van der Waals surface area contributed by atoms with E-state index in [2.05, 4.69) is 57.4 Å². The molecule has 29 heavy (non-hydrogen) atoms. The fraction of sp³-hybridized carbons (Fsp3) is 0.565. The maximum absolute atomic E-state index is 5.49. The quantitative estimate of drug-likeness (QED) is 0.394. The highest BCUT2D eigenvalue weighted by molar-refractivity contribution is 5.85. The fourth-order valence-electron chi connectivity index (χ4n) is 4.16. The second kappa shape index (κ2) is 10.8. The number of nitrogens with one attached hydrogen (secondary N) is 1. The van der Waals surface area contributed by atoms with Crippen LogP contribution in [-0.4, -0.2) is 21.3 Å². The minimum atomic E-state index is 0. The number of unbranched alkanes of at least 4 members (excludes halogenated alkanes) is 6. The summed E-state index contributed by atoms with van der Waals surface area (Å²) in [6.07, 6.45) is 13.8. The Morgan fingerprint density at radius 1 is 1.10 bits per heavy atom. The van der Waals surface area contributed by atoms with Crippen molar-refractivity contribution >= 4 is 23.3 Å². The van der Waals surface area contributed by atoms with Gasteiger partial charge in [-0.05, 0) is 50.1 Å². The Hall–Kier alpha value is -1.85. The smallest absolute Gasteiger partial charge is 0.244 e. The first kappa shape index (κ1) is 21.8. The highest BCUT2D eigenvalue weighted by Gasteiger charge is 2.22. The molecule has 0 saturated carbocycles. The molecule has 0 bridgehead atoms.